The van der Waals surface area contributed by atoms with E-state index in [1.165, 1.54) is 24.4 Å². The Morgan fingerprint density at radius 1 is 1.11 bits per heavy atom. The fourth-order valence-electron chi connectivity index (χ4n) is 7.37. The largest absolute Gasteiger partial charge is 0.508 e. The molecule has 3 saturated heterocycles. The normalized spacial score (nSPS) is 22.6. The van der Waals surface area contributed by atoms with Gasteiger partial charge in [-0.1, -0.05) is 13.0 Å². The standard InChI is InChI=1S/C33H34F3N5O3/c1-2-23-26(35)7-6-19-13-22(43)14-24(27(19)23)29-28(36)30-25(16-37-29)31(40-10-3-5-21(42)8-12-40)39-32(38-30)44-18-33-9-4-11-41(33)17-20(34)15-33/h6-7,13-14,16,20,43H,2-5,8-12,15,17-18H2,1H3/t20-,33+/m1/s1. The number of Topliss-reactive ketones (excluding diaryl/α,β-unsaturated/α-hetero) is 1. The molecule has 0 unspecified atom stereocenters. The molecule has 7 rings (SSSR count). The van der Waals surface area contributed by atoms with Gasteiger partial charge in [-0.25, -0.2) is 13.2 Å². The highest BCUT2D eigenvalue weighted by Crippen LogP contribution is 2.42. The van der Waals surface area contributed by atoms with E-state index in [1.54, 1.807) is 6.07 Å². The molecule has 0 aliphatic carbocycles. The second-order valence-electron chi connectivity index (χ2n) is 12.2. The number of phenolic OH excluding ortho intramolecular Hbond substituents is 1. The predicted molar refractivity (Wildman–Crippen MR) is 161 cm³/mol. The molecule has 0 radical (unpaired) electrons. The SMILES string of the molecule is CCc1c(F)ccc2cc(O)cc(-c3ncc4c(N5CCCC(=O)CC5)nc(OC[C@@]56CCCN5C[C@H](F)C6)nc4c3F)c12. The second-order valence-corrected chi connectivity index (χ2v) is 12.2. The number of aromatic hydroxyl groups is 1. The first kappa shape index (κ1) is 28.8. The number of ketones is 1. The molecule has 0 saturated carbocycles. The van der Waals surface area contributed by atoms with E-state index in [9.17, 15) is 18.7 Å². The van der Waals surface area contributed by atoms with Crippen LogP contribution in [0.1, 0.15) is 51.0 Å². The first-order chi connectivity index (χ1) is 21.3. The van der Waals surface area contributed by atoms with Gasteiger partial charge in [-0.3, -0.25) is 14.7 Å². The van der Waals surface area contributed by atoms with Crippen LogP contribution in [0.3, 0.4) is 0 Å². The topological polar surface area (TPSA) is 91.7 Å². The first-order valence-corrected chi connectivity index (χ1v) is 15.4. The number of ether oxygens (including phenoxy) is 1. The summed E-state index contributed by atoms with van der Waals surface area (Å²) in [6.07, 6.45) is 4.46. The lowest BCUT2D eigenvalue weighted by Gasteiger charge is -2.31. The summed E-state index contributed by atoms with van der Waals surface area (Å²) in [6.45, 7) is 4.11. The maximum Gasteiger partial charge on any atom is 0.319 e. The van der Waals surface area contributed by atoms with Crippen molar-refractivity contribution in [1.29, 1.82) is 0 Å². The Morgan fingerprint density at radius 2 is 1.98 bits per heavy atom. The van der Waals surface area contributed by atoms with Gasteiger partial charge in [-0.2, -0.15) is 9.97 Å². The number of alkyl halides is 1. The number of phenols is 1. The summed E-state index contributed by atoms with van der Waals surface area (Å²) in [7, 11) is 0. The van der Waals surface area contributed by atoms with Gasteiger partial charge in [0.2, 0.25) is 0 Å². The number of pyridine rings is 1. The summed E-state index contributed by atoms with van der Waals surface area (Å²) in [5.41, 5.74) is 0.0717. The Bertz CT molecular complexity index is 1790. The van der Waals surface area contributed by atoms with E-state index in [1.807, 2.05) is 11.8 Å². The van der Waals surface area contributed by atoms with Crippen molar-refractivity contribution in [2.75, 3.05) is 37.7 Å². The molecule has 8 nitrogen and oxygen atoms in total. The number of aryl methyl sites for hydroxylation is 1. The minimum absolute atomic E-state index is 0.0351. The van der Waals surface area contributed by atoms with Gasteiger partial charge in [0.25, 0.3) is 0 Å². The summed E-state index contributed by atoms with van der Waals surface area (Å²) in [6, 6.07) is 5.75. The van der Waals surface area contributed by atoms with Crippen LogP contribution in [0.2, 0.25) is 0 Å². The van der Waals surface area contributed by atoms with Gasteiger partial charge in [-0.05, 0) is 66.8 Å². The number of carbonyl (C=O) groups excluding carboxylic acids is 1. The molecule has 230 valence electrons. The quantitative estimate of drug-likeness (QED) is 0.290. The molecule has 44 heavy (non-hydrogen) atoms. The van der Waals surface area contributed by atoms with E-state index in [2.05, 4.69) is 14.9 Å². The maximum absolute atomic E-state index is 16.7. The van der Waals surface area contributed by atoms with Crippen LogP contribution >= 0.6 is 0 Å². The number of halogens is 3. The fraction of sp³-hybridized carbons (Fsp3) is 0.455. The van der Waals surface area contributed by atoms with Crippen LogP contribution in [-0.4, -0.2) is 75.2 Å². The van der Waals surface area contributed by atoms with Crippen molar-refractivity contribution in [2.24, 2.45) is 0 Å². The van der Waals surface area contributed by atoms with Crippen LogP contribution in [0.25, 0.3) is 32.9 Å². The Hall–Kier alpha value is -3.99. The van der Waals surface area contributed by atoms with Crippen LogP contribution in [0.15, 0.2) is 30.5 Å². The van der Waals surface area contributed by atoms with Crippen LogP contribution < -0.4 is 9.64 Å². The number of fused-ring (bicyclic) bond motifs is 3. The summed E-state index contributed by atoms with van der Waals surface area (Å²) in [4.78, 5) is 30.0. The molecule has 0 amide bonds. The van der Waals surface area contributed by atoms with Crippen molar-refractivity contribution >= 4 is 33.3 Å². The van der Waals surface area contributed by atoms with Crippen LogP contribution in [0.5, 0.6) is 11.8 Å². The number of rotatable bonds is 6. The molecule has 2 atom stereocenters. The fourth-order valence-corrected chi connectivity index (χ4v) is 7.37. The summed E-state index contributed by atoms with van der Waals surface area (Å²) < 4.78 is 52.2. The number of carbonyl (C=O) groups is 1. The predicted octanol–water partition coefficient (Wildman–Crippen LogP) is 5.91. The monoisotopic (exact) mass is 605 g/mol. The molecule has 4 aromatic rings. The third kappa shape index (κ3) is 4.91. The highest BCUT2D eigenvalue weighted by Gasteiger charge is 2.49. The first-order valence-electron chi connectivity index (χ1n) is 15.4. The zero-order chi connectivity index (χ0) is 30.6. The van der Waals surface area contributed by atoms with Gasteiger partial charge >= 0.3 is 6.01 Å². The van der Waals surface area contributed by atoms with Crippen LogP contribution in [0, 0.1) is 11.6 Å². The van der Waals surface area contributed by atoms with Gasteiger partial charge in [0, 0.05) is 50.7 Å². The zero-order valence-corrected chi connectivity index (χ0v) is 24.6. The lowest BCUT2D eigenvalue weighted by molar-refractivity contribution is -0.118. The van der Waals surface area contributed by atoms with Crippen LogP contribution in [-0.2, 0) is 11.2 Å². The zero-order valence-electron chi connectivity index (χ0n) is 24.6. The van der Waals surface area contributed by atoms with E-state index >= 15 is 4.39 Å². The lowest BCUT2D eigenvalue weighted by Crippen LogP contribution is -2.43. The van der Waals surface area contributed by atoms with E-state index in [4.69, 9.17) is 9.72 Å². The van der Waals surface area contributed by atoms with Crippen molar-refractivity contribution < 1.29 is 27.8 Å². The molecule has 5 heterocycles. The number of aromatic nitrogens is 3. The van der Waals surface area contributed by atoms with E-state index in [0.29, 0.717) is 79.3 Å². The Kier molecular flexibility index (Phi) is 7.31. The van der Waals surface area contributed by atoms with E-state index in [0.717, 1.165) is 19.4 Å². The molecule has 11 heteroatoms. The molecule has 1 N–H and O–H groups in total. The molecule has 0 spiro atoms. The van der Waals surface area contributed by atoms with Gasteiger partial charge in [-0.15, -0.1) is 0 Å². The van der Waals surface area contributed by atoms with Crippen molar-refractivity contribution in [3.8, 4) is 23.0 Å². The highest BCUT2D eigenvalue weighted by molar-refractivity contribution is 6.01. The third-order valence-electron chi connectivity index (χ3n) is 9.48. The maximum atomic E-state index is 16.7. The summed E-state index contributed by atoms with van der Waals surface area (Å²) in [5, 5.41) is 11.9. The van der Waals surface area contributed by atoms with Gasteiger partial charge in [0.15, 0.2) is 5.82 Å². The Balaban J connectivity index is 1.37. The molecule has 2 aromatic carbocycles. The molecule has 2 aromatic heterocycles. The third-order valence-corrected chi connectivity index (χ3v) is 9.48. The smallest absolute Gasteiger partial charge is 0.319 e. The molecular formula is C33H34F3N5O3. The number of benzene rings is 2. The molecule has 3 fully saturated rings. The highest BCUT2D eigenvalue weighted by atomic mass is 19.1. The number of hydrogen-bond acceptors (Lipinski definition) is 8. The van der Waals surface area contributed by atoms with E-state index in [-0.39, 0.29) is 40.9 Å². The van der Waals surface area contributed by atoms with E-state index < -0.39 is 23.3 Å². The average Bonchev–Trinajstić information content (AvgIpc) is 3.44. The number of nitrogens with zero attached hydrogens (tertiary/aromatic N) is 5. The molecule has 3 aliphatic heterocycles. The molecule has 3 aliphatic rings. The lowest BCUT2D eigenvalue weighted by atomic mass is 9.94. The van der Waals surface area contributed by atoms with Crippen LogP contribution in [0.4, 0.5) is 19.0 Å². The second kappa shape index (κ2) is 11.2. The summed E-state index contributed by atoms with van der Waals surface area (Å²) >= 11 is 0. The van der Waals surface area contributed by atoms with Gasteiger partial charge in [0.1, 0.15) is 47.2 Å². The molecule has 0 bridgehead atoms. The van der Waals surface area contributed by atoms with Crippen molar-refractivity contribution in [2.45, 2.75) is 63.6 Å². The van der Waals surface area contributed by atoms with Crippen molar-refractivity contribution in [1.82, 2.24) is 19.9 Å². The van der Waals surface area contributed by atoms with Crippen molar-refractivity contribution in [3.05, 3.63) is 47.7 Å². The number of hydrogen-bond donors (Lipinski definition) is 1. The Morgan fingerprint density at radius 3 is 2.82 bits per heavy atom. The minimum Gasteiger partial charge on any atom is -0.508 e. The minimum atomic E-state index is -0.928. The summed E-state index contributed by atoms with van der Waals surface area (Å²) in [5.74, 6) is -0.718. The Labute approximate surface area is 252 Å². The van der Waals surface area contributed by atoms with Crippen molar-refractivity contribution in [3.63, 3.8) is 0 Å². The van der Waals surface area contributed by atoms with Gasteiger partial charge in [0.05, 0.1) is 10.9 Å². The van der Waals surface area contributed by atoms with Gasteiger partial charge < -0.3 is 14.7 Å². The average molecular weight is 606 g/mol. The molecular weight excluding hydrogens is 571 g/mol. The number of anilines is 1.